The molecule has 2 amide bonds. The van der Waals surface area contributed by atoms with Crippen LogP contribution in [-0.2, 0) is 35.5 Å². The quantitative estimate of drug-likeness (QED) is 0.255. The molecule has 9 nitrogen and oxygen atoms in total. The van der Waals surface area contributed by atoms with E-state index >= 15 is 0 Å². The summed E-state index contributed by atoms with van der Waals surface area (Å²) in [4.78, 5) is 41.4. The number of carbonyl (C=O) groups is 2. The minimum absolute atomic E-state index is 0.102. The number of thiazole rings is 2. The maximum Gasteiger partial charge on any atom is 0.219 e. The molecule has 2 aromatic heterocycles. The fourth-order valence-corrected chi connectivity index (χ4v) is 9.00. The third kappa shape index (κ3) is 7.43. The zero-order valence-electron chi connectivity index (χ0n) is 27.7. The van der Waals surface area contributed by atoms with E-state index in [1.165, 1.54) is 42.1 Å². The second-order valence-electron chi connectivity index (χ2n) is 13.2. The summed E-state index contributed by atoms with van der Waals surface area (Å²) >= 11 is 3.44. The molecule has 5 heterocycles. The van der Waals surface area contributed by atoms with Gasteiger partial charge in [0.2, 0.25) is 11.8 Å². The highest BCUT2D eigenvalue weighted by molar-refractivity contribution is 7.15. The van der Waals surface area contributed by atoms with Crippen LogP contribution in [0.1, 0.15) is 67.1 Å². The highest BCUT2D eigenvalue weighted by Gasteiger charge is 2.35. The van der Waals surface area contributed by atoms with Crippen molar-refractivity contribution in [2.45, 2.75) is 84.0 Å². The van der Waals surface area contributed by atoms with Crippen molar-refractivity contribution in [2.75, 3.05) is 26.2 Å². The fourth-order valence-electron chi connectivity index (χ4n) is 6.87. The Hall–Kier alpha value is -3.80. The van der Waals surface area contributed by atoms with Crippen LogP contribution in [0.25, 0.3) is 21.1 Å². The molecule has 1 saturated heterocycles. The molecule has 0 spiro atoms. The van der Waals surface area contributed by atoms with Crippen LogP contribution in [-0.4, -0.2) is 79.9 Å². The number of rotatable bonds is 5. The summed E-state index contributed by atoms with van der Waals surface area (Å²) in [5, 5.41) is 11.3. The van der Waals surface area contributed by atoms with E-state index in [4.69, 9.17) is 9.72 Å². The monoisotopic (exact) mass is 685 g/mol. The van der Waals surface area contributed by atoms with Crippen molar-refractivity contribution < 1.29 is 19.4 Å². The minimum Gasteiger partial charge on any atom is -0.508 e. The second-order valence-corrected chi connectivity index (χ2v) is 15.4. The molecule has 0 bridgehead atoms. The van der Waals surface area contributed by atoms with E-state index in [9.17, 15) is 14.7 Å². The van der Waals surface area contributed by atoms with E-state index in [1.807, 2.05) is 21.9 Å². The van der Waals surface area contributed by atoms with Crippen LogP contribution in [0.3, 0.4) is 0 Å². The van der Waals surface area contributed by atoms with Crippen LogP contribution in [0.15, 0.2) is 48.5 Å². The van der Waals surface area contributed by atoms with Gasteiger partial charge in [0.15, 0.2) is 0 Å². The van der Waals surface area contributed by atoms with Crippen molar-refractivity contribution in [2.24, 2.45) is 0 Å². The van der Waals surface area contributed by atoms with E-state index in [-0.39, 0.29) is 17.6 Å². The van der Waals surface area contributed by atoms with Crippen molar-refractivity contribution in [1.82, 2.24) is 24.7 Å². The van der Waals surface area contributed by atoms with E-state index in [2.05, 4.69) is 34.1 Å². The molecule has 2 aromatic carbocycles. The third-order valence-corrected chi connectivity index (χ3v) is 12.3. The Bertz CT molecular complexity index is 1740. The zero-order valence-corrected chi connectivity index (χ0v) is 29.3. The van der Waals surface area contributed by atoms with E-state index in [0.717, 1.165) is 83.1 Å². The number of aromatic hydroxyl groups is 1. The van der Waals surface area contributed by atoms with Crippen LogP contribution < -0.4 is 4.74 Å². The number of phenols is 1. The summed E-state index contributed by atoms with van der Waals surface area (Å²) in [5.74, 6) is 1.45. The van der Waals surface area contributed by atoms with Gasteiger partial charge >= 0.3 is 0 Å². The number of ether oxygens (including phenoxy) is 1. The lowest BCUT2D eigenvalue weighted by atomic mass is 9.86. The van der Waals surface area contributed by atoms with Gasteiger partial charge in [0.05, 0.1) is 24.5 Å². The molecule has 0 unspecified atom stereocenters. The molecule has 252 valence electrons. The Kier molecular flexibility index (Phi) is 9.79. The number of aromatic nitrogens is 2. The molecule has 48 heavy (non-hydrogen) atoms. The van der Waals surface area contributed by atoms with Crippen molar-refractivity contribution >= 4 is 34.5 Å². The lowest BCUT2D eigenvalue weighted by molar-refractivity contribution is -0.130. The number of hydrogen-bond donors (Lipinski definition) is 1. The first kappa shape index (κ1) is 32.7. The summed E-state index contributed by atoms with van der Waals surface area (Å²) in [6.45, 7) is 8.60. The number of piperidine rings is 1. The van der Waals surface area contributed by atoms with Gasteiger partial charge in [-0.25, -0.2) is 9.97 Å². The molecule has 4 aliphatic rings. The van der Waals surface area contributed by atoms with Crippen LogP contribution in [0.2, 0.25) is 0 Å². The normalized spacial score (nSPS) is 20.5. The van der Waals surface area contributed by atoms with E-state index < -0.39 is 0 Å². The third-order valence-electron chi connectivity index (χ3n) is 9.84. The molecule has 0 radical (unpaired) electrons. The lowest BCUT2D eigenvalue weighted by Gasteiger charge is -2.44. The molecular weight excluding hydrogens is 643 g/mol. The average Bonchev–Trinajstić information content (AvgIpc) is 3.71. The molecule has 2 fully saturated rings. The average molecular weight is 686 g/mol. The molecule has 4 aromatic rings. The van der Waals surface area contributed by atoms with Gasteiger partial charge in [0.25, 0.3) is 0 Å². The number of fused-ring (bicyclic) bond motifs is 2. The predicted molar refractivity (Wildman–Crippen MR) is 189 cm³/mol. The standard InChI is InChI=1S/C23H29N3O2S.C14H14N2O2S/c1-16(27)26-12-9-22-21(15-26)24-23(29-22)17-5-7-19(8-6-17)28-20-13-18(14-20)25-10-3-2-4-11-25;1-9(17)16-7-6-13-12(8-16)15-14(19-13)10-2-4-11(18)5-3-10/h5-8,18,20H,2-4,9-15H2,1H3;2-5,18H,6-8H2,1H3. The van der Waals surface area contributed by atoms with Crippen molar-refractivity contribution in [1.29, 1.82) is 0 Å². The van der Waals surface area contributed by atoms with Gasteiger partial charge in [-0.3, -0.25) is 9.59 Å². The molecule has 1 aliphatic carbocycles. The summed E-state index contributed by atoms with van der Waals surface area (Å²) in [6, 6.07) is 16.2. The molecule has 11 heteroatoms. The second kappa shape index (κ2) is 14.4. The summed E-state index contributed by atoms with van der Waals surface area (Å²) in [7, 11) is 0. The van der Waals surface area contributed by atoms with E-state index in [1.54, 1.807) is 48.7 Å². The number of likely N-dealkylation sites (tertiary alicyclic amines) is 1. The van der Waals surface area contributed by atoms with Gasteiger partial charge in [-0.2, -0.15) is 0 Å². The number of benzene rings is 2. The van der Waals surface area contributed by atoms with Gasteiger partial charge in [-0.1, -0.05) is 6.42 Å². The van der Waals surface area contributed by atoms with Gasteiger partial charge in [-0.15, -0.1) is 22.7 Å². The number of amides is 2. The molecule has 1 saturated carbocycles. The first-order valence-electron chi connectivity index (χ1n) is 17.1. The highest BCUT2D eigenvalue weighted by Crippen LogP contribution is 2.35. The Morgan fingerprint density at radius 2 is 1.23 bits per heavy atom. The zero-order chi connectivity index (χ0) is 33.2. The van der Waals surface area contributed by atoms with Gasteiger partial charge in [0, 0.05) is 79.5 Å². The first-order chi connectivity index (χ1) is 23.3. The Balaban J connectivity index is 0.000000166. The Morgan fingerprint density at radius 3 is 1.73 bits per heavy atom. The van der Waals surface area contributed by atoms with E-state index in [0.29, 0.717) is 19.2 Å². The number of carbonyl (C=O) groups excluding carboxylic acids is 2. The van der Waals surface area contributed by atoms with Crippen LogP contribution >= 0.6 is 22.7 Å². The molecular formula is C37H43N5O4S2. The van der Waals surface area contributed by atoms with Gasteiger partial charge in [0.1, 0.15) is 27.6 Å². The van der Waals surface area contributed by atoms with Gasteiger partial charge < -0.3 is 24.5 Å². The maximum atomic E-state index is 11.6. The van der Waals surface area contributed by atoms with Gasteiger partial charge in [-0.05, 0) is 74.5 Å². The Morgan fingerprint density at radius 1 is 0.729 bits per heavy atom. The fraction of sp³-hybridized carbons (Fsp3) is 0.459. The maximum absolute atomic E-state index is 11.6. The molecule has 1 N–H and O–H groups in total. The highest BCUT2D eigenvalue weighted by atomic mass is 32.1. The SMILES string of the molecule is CC(=O)N1CCc2sc(-c3ccc(O)cc3)nc2C1.CC(=O)N1CCc2sc(-c3ccc(OC4CC(N5CCCCC5)C4)cc3)nc2C1. The predicted octanol–water partition coefficient (Wildman–Crippen LogP) is 6.53. The summed E-state index contributed by atoms with van der Waals surface area (Å²) in [6.07, 6.45) is 8.58. The Labute approximate surface area is 290 Å². The van der Waals surface area contributed by atoms with Crippen molar-refractivity contribution in [3.63, 3.8) is 0 Å². The largest absolute Gasteiger partial charge is 0.508 e. The van der Waals surface area contributed by atoms with Crippen LogP contribution in [0.5, 0.6) is 11.5 Å². The minimum atomic E-state index is 0.102. The topological polar surface area (TPSA) is 99.1 Å². The van der Waals surface area contributed by atoms with Crippen LogP contribution in [0.4, 0.5) is 0 Å². The smallest absolute Gasteiger partial charge is 0.219 e. The van der Waals surface area contributed by atoms with Crippen molar-refractivity contribution in [3.05, 3.63) is 69.7 Å². The molecule has 8 rings (SSSR count). The first-order valence-corrected chi connectivity index (χ1v) is 18.7. The summed E-state index contributed by atoms with van der Waals surface area (Å²) in [5.41, 5.74) is 4.21. The number of phenolic OH excluding ortho intramolecular Hbond substituents is 1. The van der Waals surface area contributed by atoms with Crippen molar-refractivity contribution in [3.8, 4) is 32.6 Å². The molecule has 3 aliphatic heterocycles. The number of nitrogens with zero attached hydrogens (tertiary/aromatic N) is 5. The molecule has 0 atom stereocenters. The van der Waals surface area contributed by atoms with Crippen LogP contribution in [0, 0.1) is 0 Å². The number of hydrogen-bond acceptors (Lipinski definition) is 9. The lowest BCUT2D eigenvalue weighted by Crippen LogP contribution is -2.50. The summed E-state index contributed by atoms with van der Waals surface area (Å²) < 4.78 is 6.20.